The number of ether oxygens (including phenoxy) is 1. The van der Waals surface area contributed by atoms with Crippen LogP contribution in [0.2, 0.25) is 0 Å². The van der Waals surface area contributed by atoms with Gasteiger partial charge in [0, 0.05) is 12.1 Å². The molecule has 0 spiro atoms. The van der Waals surface area contributed by atoms with Crippen molar-refractivity contribution in [2.45, 2.75) is 11.6 Å². The number of aromatic amines is 1. The minimum Gasteiger partial charge on any atom is -0.497 e. The number of aromatic nitrogens is 2. The fraction of sp³-hybridized carbons (Fsp3) is 0.300. The molecule has 1 aliphatic carbocycles. The summed E-state index contributed by atoms with van der Waals surface area (Å²) in [5.74, 6) is 0.891. The zero-order valence-electron chi connectivity index (χ0n) is 8.20. The van der Waals surface area contributed by atoms with Gasteiger partial charge in [0.1, 0.15) is 5.76 Å². The molecule has 74 valence electrons. The van der Waals surface area contributed by atoms with Gasteiger partial charge in [-0.2, -0.15) is 0 Å². The SMILES string of the molecule is COC1=CCc2[nH]c(SC)nc2C=C1. The van der Waals surface area contributed by atoms with E-state index in [1.807, 2.05) is 24.5 Å². The predicted molar refractivity (Wildman–Crippen MR) is 58.2 cm³/mol. The van der Waals surface area contributed by atoms with Gasteiger partial charge in [0.2, 0.25) is 0 Å². The highest BCUT2D eigenvalue weighted by Crippen LogP contribution is 2.20. The fourth-order valence-corrected chi connectivity index (χ4v) is 1.79. The Bertz CT molecular complexity index is 393. The number of H-pyrrole nitrogens is 1. The lowest BCUT2D eigenvalue weighted by Crippen LogP contribution is -1.85. The molecule has 3 nitrogen and oxygen atoms in total. The first-order valence-corrected chi connectivity index (χ1v) is 5.61. The third kappa shape index (κ3) is 1.70. The Balaban J connectivity index is 2.31. The van der Waals surface area contributed by atoms with Crippen LogP contribution in [-0.2, 0) is 11.2 Å². The summed E-state index contributed by atoms with van der Waals surface area (Å²) in [5.41, 5.74) is 2.16. The first-order valence-electron chi connectivity index (χ1n) is 4.38. The van der Waals surface area contributed by atoms with E-state index in [9.17, 15) is 0 Å². The molecule has 0 saturated carbocycles. The first kappa shape index (κ1) is 9.40. The van der Waals surface area contributed by atoms with E-state index in [2.05, 4.69) is 9.97 Å². The summed E-state index contributed by atoms with van der Waals surface area (Å²) in [7, 11) is 1.68. The smallest absolute Gasteiger partial charge is 0.165 e. The molecule has 0 aromatic carbocycles. The summed E-state index contributed by atoms with van der Waals surface area (Å²) < 4.78 is 5.16. The van der Waals surface area contributed by atoms with E-state index in [0.29, 0.717) is 0 Å². The monoisotopic (exact) mass is 208 g/mol. The number of thioether (sulfide) groups is 1. The summed E-state index contributed by atoms with van der Waals surface area (Å²) >= 11 is 1.62. The fourth-order valence-electron chi connectivity index (χ4n) is 1.37. The van der Waals surface area contributed by atoms with Crippen LogP contribution in [0.25, 0.3) is 6.08 Å². The van der Waals surface area contributed by atoms with Crippen LogP contribution in [0.4, 0.5) is 0 Å². The van der Waals surface area contributed by atoms with E-state index in [1.54, 1.807) is 18.9 Å². The minimum absolute atomic E-state index is 0.846. The van der Waals surface area contributed by atoms with Crippen LogP contribution >= 0.6 is 11.8 Å². The van der Waals surface area contributed by atoms with Crippen molar-refractivity contribution in [2.24, 2.45) is 0 Å². The van der Waals surface area contributed by atoms with Crippen LogP contribution in [0.15, 0.2) is 23.1 Å². The Labute approximate surface area is 87.3 Å². The van der Waals surface area contributed by atoms with Crippen LogP contribution in [0, 0.1) is 0 Å². The Morgan fingerprint density at radius 2 is 2.36 bits per heavy atom. The second kappa shape index (κ2) is 3.92. The van der Waals surface area contributed by atoms with Gasteiger partial charge in [0.15, 0.2) is 5.16 Å². The number of nitrogens with one attached hydrogen (secondary N) is 1. The van der Waals surface area contributed by atoms with E-state index >= 15 is 0 Å². The summed E-state index contributed by atoms with van der Waals surface area (Å²) in [5, 5.41) is 0.967. The third-order valence-corrected chi connectivity index (χ3v) is 2.71. The molecule has 1 aromatic heterocycles. The highest BCUT2D eigenvalue weighted by atomic mass is 32.2. The number of hydrogen-bond acceptors (Lipinski definition) is 3. The Hall–Kier alpha value is -1.16. The van der Waals surface area contributed by atoms with Crippen LogP contribution in [0.5, 0.6) is 0 Å². The molecule has 1 aliphatic rings. The molecular weight excluding hydrogens is 196 g/mol. The summed E-state index contributed by atoms with van der Waals surface area (Å²) in [6.07, 6.45) is 8.83. The van der Waals surface area contributed by atoms with Gasteiger partial charge in [-0.3, -0.25) is 0 Å². The second-order valence-electron chi connectivity index (χ2n) is 2.96. The predicted octanol–water partition coefficient (Wildman–Crippen LogP) is 2.23. The average molecular weight is 208 g/mol. The van der Waals surface area contributed by atoms with Crippen molar-refractivity contribution < 1.29 is 4.74 Å². The van der Waals surface area contributed by atoms with Crippen molar-refractivity contribution in [1.82, 2.24) is 9.97 Å². The van der Waals surface area contributed by atoms with Gasteiger partial charge in [-0.05, 0) is 24.5 Å². The molecule has 0 saturated heterocycles. The van der Waals surface area contributed by atoms with Crippen molar-refractivity contribution in [1.29, 1.82) is 0 Å². The van der Waals surface area contributed by atoms with Gasteiger partial charge in [0.05, 0.1) is 12.8 Å². The van der Waals surface area contributed by atoms with Gasteiger partial charge >= 0.3 is 0 Å². The number of rotatable bonds is 2. The molecule has 0 radical (unpaired) electrons. The second-order valence-corrected chi connectivity index (χ2v) is 3.75. The van der Waals surface area contributed by atoms with E-state index < -0.39 is 0 Å². The maximum Gasteiger partial charge on any atom is 0.165 e. The standard InChI is InChI=1S/C10H12N2OS/c1-13-7-3-5-8-9(6-4-7)12-10(11-8)14-2/h3-5H,6H2,1-2H3,(H,11,12). The topological polar surface area (TPSA) is 37.9 Å². The highest BCUT2D eigenvalue weighted by Gasteiger charge is 2.09. The summed E-state index contributed by atoms with van der Waals surface area (Å²) in [6, 6.07) is 0. The normalized spacial score (nSPS) is 14.6. The lowest BCUT2D eigenvalue weighted by molar-refractivity contribution is 0.306. The molecule has 0 bridgehead atoms. The zero-order chi connectivity index (χ0) is 9.97. The average Bonchev–Trinajstić information content (AvgIpc) is 2.52. The molecule has 0 unspecified atom stereocenters. The van der Waals surface area contributed by atoms with E-state index in [4.69, 9.17) is 4.74 Å². The van der Waals surface area contributed by atoms with Gasteiger partial charge in [-0.1, -0.05) is 11.8 Å². The lowest BCUT2D eigenvalue weighted by atomic mass is 10.2. The van der Waals surface area contributed by atoms with Crippen molar-refractivity contribution in [3.05, 3.63) is 29.3 Å². The van der Waals surface area contributed by atoms with Gasteiger partial charge in [0.25, 0.3) is 0 Å². The van der Waals surface area contributed by atoms with E-state index in [0.717, 1.165) is 28.7 Å². The molecule has 2 rings (SSSR count). The minimum atomic E-state index is 0.846. The molecule has 0 amide bonds. The van der Waals surface area contributed by atoms with Crippen molar-refractivity contribution >= 4 is 17.8 Å². The third-order valence-electron chi connectivity index (χ3n) is 2.13. The molecule has 14 heavy (non-hydrogen) atoms. The summed E-state index contributed by atoms with van der Waals surface area (Å²) in [6.45, 7) is 0. The van der Waals surface area contributed by atoms with Crippen LogP contribution in [0.3, 0.4) is 0 Å². The largest absolute Gasteiger partial charge is 0.497 e. The maximum atomic E-state index is 5.16. The van der Waals surface area contributed by atoms with Gasteiger partial charge in [-0.15, -0.1) is 0 Å². The van der Waals surface area contributed by atoms with Crippen LogP contribution in [0.1, 0.15) is 11.4 Å². The quantitative estimate of drug-likeness (QED) is 0.757. The number of imidazole rings is 1. The molecule has 1 aromatic rings. The molecule has 4 heteroatoms. The van der Waals surface area contributed by atoms with Crippen molar-refractivity contribution in [3.63, 3.8) is 0 Å². The number of fused-ring (bicyclic) bond motifs is 1. The van der Waals surface area contributed by atoms with E-state index in [1.165, 1.54) is 0 Å². The Morgan fingerprint density at radius 1 is 1.50 bits per heavy atom. The Kier molecular flexibility index (Phi) is 2.63. The van der Waals surface area contributed by atoms with Gasteiger partial charge < -0.3 is 9.72 Å². The number of nitrogens with zero attached hydrogens (tertiary/aromatic N) is 1. The van der Waals surface area contributed by atoms with E-state index in [-0.39, 0.29) is 0 Å². The molecule has 0 atom stereocenters. The van der Waals surface area contributed by atoms with Crippen molar-refractivity contribution in [2.75, 3.05) is 13.4 Å². The Morgan fingerprint density at radius 3 is 3.07 bits per heavy atom. The van der Waals surface area contributed by atoms with Crippen LogP contribution in [-0.4, -0.2) is 23.3 Å². The first-order chi connectivity index (χ1) is 6.83. The molecule has 0 fully saturated rings. The summed E-state index contributed by atoms with van der Waals surface area (Å²) in [4.78, 5) is 7.70. The zero-order valence-corrected chi connectivity index (χ0v) is 9.02. The highest BCUT2D eigenvalue weighted by molar-refractivity contribution is 7.98. The van der Waals surface area contributed by atoms with Crippen LogP contribution < -0.4 is 0 Å². The lowest BCUT2D eigenvalue weighted by Gasteiger charge is -1.96. The molecule has 1 heterocycles. The number of allylic oxidation sites excluding steroid dienone is 2. The number of hydrogen-bond donors (Lipinski definition) is 1. The maximum absolute atomic E-state index is 5.16. The van der Waals surface area contributed by atoms with Gasteiger partial charge in [-0.25, -0.2) is 4.98 Å². The molecule has 1 N–H and O–H groups in total. The molecule has 0 aliphatic heterocycles. The molecular formula is C10H12N2OS. The van der Waals surface area contributed by atoms with Crippen molar-refractivity contribution in [3.8, 4) is 0 Å². The number of methoxy groups -OCH3 is 1.